The summed E-state index contributed by atoms with van der Waals surface area (Å²) in [4.78, 5) is 12.0. The van der Waals surface area contributed by atoms with Crippen LogP contribution in [0.25, 0.3) is 0 Å². The number of rotatable bonds is 7. The van der Waals surface area contributed by atoms with Gasteiger partial charge in [0, 0.05) is 12.7 Å². The predicted octanol–water partition coefficient (Wildman–Crippen LogP) is 4.61. The molecule has 1 N–H and O–H groups in total. The molecule has 0 radical (unpaired) electrons. The van der Waals surface area contributed by atoms with E-state index in [1.807, 2.05) is 0 Å². The average Bonchev–Trinajstić information content (AvgIpc) is 3.27. The van der Waals surface area contributed by atoms with Gasteiger partial charge in [-0.3, -0.25) is 9.10 Å². The van der Waals surface area contributed by atoms with E-state index >= 15 is 0 Å². The SMILES string of the molecule is CN(c1ccc(OCC(=O)Nc2cccc(C(F)(F)F)c2)cc1)S(=O)(=O)c1cccs1. The molecule has 31 heavy (non-hydrogen) atoms. The predicted molar refractivity (Wildman–Crippen MR) is 112 cm³/mol. The summed E-state index contributed by atoms with van der Waals surface area (Å²) in [6, 6.07) is 13.4. The fourth-order valence-corrected chi connectivity index (χ4v) is 4.91. The lowest BCUT2D eigenvalue weighted by Gasteiger charge is -2.18. The normalized spacial score (nSPS) is 11.7. The molecule has 1 heterocycles. The van der Waals surface area contributed by atoms with Gasteiger partial charge in [0.1, 0.15) is 9.96 Å². The van der Waals surface area contributed by atoms with Crippen LogP contribution in [0.3, 0.4) is 0 Å². The summed E-state index contributed by atoms with van der Waals surface area (Å²) in [5.74, 6) is -0.342. The molecule has 6 nitrogen and oxygen atoms in total. The van der Waals surface area contributed by atoms with Crippen molar-refractivity contribution in [2.45, 2.75) is 10.4 Å². The molecule has 0 aliphatic heterocycles. The van der Waals surface area contributed by atoms with Crippen molar-refractivity contribution in [3.05, 3.63) is 71.6 Å². The first-order chi connectivity index (χ1) is 14.6. The summed E-state index contributed by atoms with van der Waals surface area (Å²) in [6.07, 6.45) is -4.51. The van der Waals surface area contributed by atoms with E-state index in [2.05, 4.69) is 5.32 Å². The van der Waals surface area contributed by atoms with E-state index in [-0.39, 0.29) is 9.90 Å². The molecule has 0 unspecified atom stereocenters. The van der Waals surface area contributed by atoms with E-state index in [0.717, 1.165) is 27.8 Å². The Bertz CT molecular complexity index is 1150. The fraction of sp³-hybridized carbons (Fsp3) is 0.150. The standard InChI is InChI=1S/C20H17F3N2O4S2/c1-25(31(27,28)19-6-3-11-30-19)16-7-9-17(10-8-16)29-13-18(26)24-15-5-2-4-14(12-15)20(21,22)23/h2-12H,13H2,1H3,(H,24,26). The van der Waals surface area contributed by atoms with Crippen molar-refractivity contribution in [1.82, 2.24) is 0 Å². The van der Waals surface area contributed by atoms with Crippen molar-refractivity contribution in [2.24, 2.45) is 0 Å². The molecule has 2 aromatic carbocycles. The number of halogens is 3. The fourth-order valence-electron chi connectivity index (χ4n) is 2.56. The van der Waals surface area contributed by atoms with E-state index in [1.165, 1.54) is 49.5 Å². The smallest absolute Gasteiger partial charge is 0.416 e. The lowest BCUT2D eigenvalue weighted by Crippen LogP contribution is -2.25. The minimum absolute atomic E-state index is 0.000758. The van der Waals surface area contributed by atoms with E-state index < -0.39 is 34.3 Å². The van der Waals surface area contributed by atoms with Crippen molar-refractivity contribution in [2.75, 3.05) is 23.3 Å². The van der Waals surface area contributed by atoms with Gasteiger partial charge in [-0.25, -0.2) is 8.42 Å². The number of sulfonamides is 1. The largest absolute Gasteiger partial charge is 0.484 e. The maximum absolute atomic E-state index is 12.7. The molecule has 0 saturated heterocycles. The van der Waals surface area contributed by atoms with E-state index in [4.69, 9.17) is 4.74 Å². The van der Waals surface area contributed by atoms with Crippen molar-refractivity contribution >= 4 is 38.6 Å². The number of nitrogens with one attached hydrogen (secondary N) is 1. The molecule has 0 bridgehead atoms. The highest BCUT2D eigenvalue weighted by Crippen LogP contribution is 2.30. The molecular formula is C20H17F3N2O4S2. The second-order valence-corrected chi connectivity index (χ2v) is 9.46. The molecule has 164 valence electrons. The van der Waals surface area contributed by atoms with Crippen LogP contribution in [0, 0.1) is 0 Å². The highest BCUT2D eigenvalue weighted by Gasteiger charge is 2.30. The van der Waals surface area contributed by atoms with Crippen LogP contribution < -0.4 is 14.4 Å². The molecule has 1 amide bonds. The Morgan fingerprint density at radius 1 is 1.10 bits per heavy atom. The lowest BCUT2D eigenvalue weighted by molar-refractivity contribution is -0.137. The second-order valence-electron chi connectivity index (χ2n) is 6.31. The molecule has 0 saturated carbocycles. The number of amides is 1. The number of ether oxygens (including phenoxy) is 1. The molecule has 0 spiro atoms. The highest BCUT2D eigenvalue weighted by molar-refractivity contribution is 7.94. The Hall–Kier alpha value is -3.05. The number of nitrogens with zero attached hydrogens (tertiary/aromatic N) is 1. The van der Waals surface area contributed by atoms with Crippen LogP contribution in [-0.2, 0) is 21.0 Å². The maximum Gasteiger partial charge on any atom is 0.416 e. The van der Waals surface area contributed by atoms with E-state index in [1.54, 1.807) is 11.4 Å². The molecule has 3 aromatic rings. The Kier molecular flexibility index (Phi) is 6.56. The number of anilines is 2. The molecule has 1 aromatic heterocycles. The molecule has 0 atom stereocenters. The Morgan fingerprint density at radius 3 is 2.42 bits per heavy atom. The van der Waals surface area contributed by atoms with E-state index in [9.17, 15) is 26.4 Å². The van der Waals surface area contributed by atoms with Gasteiger partial charge < -0.3 is 10.1 Å². The third kappa shape index (κ3) is 5.56. The van der Waals surface area contributed by atoms with Crippen LogP contribution in [0.2, 0.25) is 0 Å². The minimum Gasteiger partial charge on any atom is -0.484 e. The zero-order valence-electron chi connectivity index (χ0n) is 16.1. The van der Waals surface area contributed by atoms with Crippen LogP contribution in [0.4, 0.5) is 24.5 Å². The van der Waals surface area contributed by atoms with Gasteiger partial charge in [0.25, 0.3) is 15.9 Å². The summed E-state index contributed by atoms with van der Waals surface area (Å²) in [6.45, 7) is -0.432. The first-order valence-electron chi connectivity index (χ1n) is 8.80. The second kappa shape index (κ2) is 8.98. The Labute approximate surface area is 180 Å². The number of alkyl halides is 3. The summed E-state index contributed by atoms with van der Waals surface area (Å²) >= 11 is 1.11. The van der Waals surface area contributed by atoms with Crippen molar-refractivity contribution in [1.29, 1.82) is 0 Å². The quantitative estimate of drug-likeness (QED) is 0.547. The van der Waals surface area contributed by atoms with Crippen molar-refractivity contribution in [3.63, 3.8) is 0 Å². The molecule has 0 aliphatic carbocycles. The van der Waals surface area contributed by atoms with E-state index in [0.29, 0.717) is 11.4 Å². The van der Waals surface area contributed by atoms with Gasteiger partial charge in [0.15, 0.2) is 6.61 Å². The minimum atomic E-state index is -4.51. The van der Waals surface area contributed by atoms with Gasteiger partial charge in [-0.05, 0) is 53.9 Å². The molecular weight excluding hydrogens is 453 g/mol. The lowest BCUT2D eigenvalue weighted by atomic mass is 10.2. The summed E-state index contributed by atoms with van der Waals surface area (Å²) in [7, 11) is -2.25. The molecule has 11 heteroatoms. The number of hydrogen-bond acceptors (Lipinski definition) is 5. The molecule has 0 aliphatic rings. The summed E-state index contributed by atoms with van der Waals surface area (Å²) < 4.78 is 70.0. The third-order valence-electron chi connectivity index (χ3n) is 4.15. The Morgan fingerprint density at radius 2 is 1.81 bits per heavy atom. The number of hydrogen-bond donors (Lipinski definition) is 1. The van der Waals surface area contributed by atoms with Gasteiger partial charge in [0.2, 0.25) is 0 Å². The monoisotopic (exact) mass is 470 g/mol. The van der Waals surface area contributed by atoms with Gasteiger partial charge in [-0.15, -0.1) is 11.3 Å². The topological polar surface area (TPSA) is 75.7 Å². The maximum atomic E-state index is 12.7. The molecule has 0 fully saturated rings. The molecule has 3 rings (SSSR count). The average molecular weight is 470 g/mol. The number of carbonyl (C=O) groups is 1. The number of thiophene rings is 1. The van der Waals surface area contributed by atoms with Crippen LogP contribution in [0.15, 0.2) is 70.3 Å². The van der Waals surface area contributed by atoms with Crippen molar-refractivity contribution < 1.29 is 31.1 Å². The number of carbonyl (C=O) groups excluding carboxylic acids is 1. The van der Waals surface area contributed by atoms with Gasteiger partial charge >= 0.3 is 6.18 Å². The van der Waals surface area contributed by atoms with Crippen LogP contribution in [0.1, 0.15) is 5.56 Å². The first kappa shape index (κ1) is 22.6. The first-order valence-corrected chi connectivity index (χ1v) is 11.1. The Balaban J connectivity index is 1.59. The van der Waals surface area contributed by atoms with Gasteiger partial charge in [-0.2, -0.15) is 13.2 Å². The summed E-state index contributed by atoms with van der Waals surface area (Å²) in [5, 5.41) is 4.01. The van der Waals surface area contributed by atoms with Gasteiger partial charge in [0.05, 0.1) is 11.3 Å². The zero-order chi connectivity index (χ0) is 22.6. The van der Waals surface area contributed by atoms with Crippen LogP contribution >= 0.6 is 11.3 Å². The summed E-state index contributed by atoms with van der Waals surface area (Å²) in [5.41, 5.74) is -0.475. The third-order valence-corrected chi connectivity index (χ3v) is 7.31. The van der Waals surface area contributed by atoms with Crippen LogP contribution in [-0.4, -0.2) is 28.0 Å². The highest BCUT2D eigenvalue weighted by atomic mass is 32.2. The van der Waals surface area contributed by atoms with Crippen LogP contribution in [0.5, 0.6) is 5.75 Å². The van der Waals surface area contributed by atoms with Crippen molar-refractivity contribution in [3.8, 4) is 5.75 Å². The van der Waals surface area contributed by atoms with Gasteiger partial charge in [-0.1, -0.05) is 12.1 Å². The zero-order valence-corrected chi connectivity index (χ0v) is 17.7. The number of benzene rings is 2.